The van der Waals surface area contributed by atoms with Gasteiger partial charge in [0, 0.05) is 31.9 Å². The monoisotopic (exact) mass is 252 g/mol. The van der Waals surface area contributed by atoms with E-state index in [1.165, 1.54) is 18.7 Å². The number of imidazole rings is 1. The van der Waals surface area contributed by atoms with Crippen LogP contribution in [-0.4, -0.2) is 40.6 Å². The second-order valence-corrected chi connectivity index (χ2v) is 5.00. The second kappa shape index (κ2) is 8.27. The van der Waals surface area contributed by atoms with Crippen molar-refractivity contribution in [1.82, 2.24) is 19.8 Å². The van der Waals surface area contributed by atoms with Gasteiger partial charge in [-0.2, -0.15) is 0 Å². The van der Waals surface area contributed by atoms with Crippen LogP contribution in [0.2, 0.25) is 0 Å². The fourth-order valence-corrected chi connectivity index (χ4v) is 2.13. The highest BCUT2D eigenvalue weighted by atomic mass is 15.1. The number of likely N-dealkylation sites (N-methyl/N-ethyl adjacent to an activating group) is 1. The molecule has 1 aromatic heterocycles. The highest BCUT2D eigenvalue weighted by Gasteiger charge is 2.05. The first-order chi connectivity index (χ1) is 8.69. The van der Waals surface area contributed by atoms with Crippen LogP contribution >= 0.6 is 0 Å². The molecule has 0 saturated heterocycles. The minimum Gasteiger partial charge on any atom is -0.331 e. The lowest BCUT2D eigenvalue weighted by Gasteiger charge is -2.19. The van der Waals surface area contributed by atoms with Crippen molar-refractivity contribution >= 4 is 0 Å². The van der Waals surface area contributed by atoms with E-state index in [-0.39, 0.29) is 0 Å². The summed E-state index contributed by atoms with van der Waals surface area (Å²) in [4.78, 5) is 6.69. The van der Waals surface area contributed by atoms with Crippen LogP contribution in [0.5, 0.6) is 0 Å². The molecule has 1 heterocycles. The van der Waals surface area contributed by atoms with Gasteiger partial charge in [0.15, 0.2) is 0 Å². The van der Waals surface area contributed by atoms with Crippen molar-refractivity contribution in [3.05, 3.63) is 18.2 Å². The van der Waals surface area contributed by atoms with E-state index >= 15 is 0 Å². The van der Waals surface area contributed by atoms with E-state index < -0.39 is 0 Å². The second-order valence-electron chi connectivity index (χ2n) is 5.00. The van der Waals surface area contributed by atoms with Gasteiger partial charge in [-0.25, -0.2) is 4.98 Å². The Kier molecular flexibility index (Phi) is 6.98. The first kappa shape index (κ1) is 15.2. The molecule has 1 rings (SSSR count). The minimum atomic E-state index is 0.483. The molecule has 0 fully saturated rings. The van der Waals surface area contributed by atoms with Crippen molar-refractivity contribution in [3.8, 4) is 0 Å². The lowest BCUT2D eigenvalue weighted by molar-refractivity contribution is 0.287. The molecule has 0 aliphatic rings. The summed E-state index contributed by atoms with van der Waals surface area (Å²) in [5.41, 5.74) is 1.27. The van der Waals surface area contributed by atoms with E-state index in [4.69, 9.17) is 0 Å². The molecule has 0 spiro atoms. The van der Waals surface area contributed by atoms with Gasteiger partial charge in [0.1, 0.15) is 0 Å². The molecule has 0 aliphatic carbocycles. The van der Waals surface area contributed by atoms with Crippen LogP contribution in [0.4, 0.5) is 0 Å². The van der Waals surface area contributed by atoms with E-state index in [1.54, 1.807) is 0 Å². The fourth-order valence-electron chi connectivity index (χ4n) is 2.13. The molecule has 18 heavy (non-hydrogen) atoms. The summed E-state index contributed by atoms with van der Waals surface area (Å²) >= 11 is 0. The maximum Gasteiger partial charge on any atom is 0.0951 e. The van der Waals surface area contributed by atoms with Crippen molar-refractivity contribution < 1.29 is 0 Å². The highest BCUT2D eigenvalue weighted by molar-refractivity contribution is 4.99. The van der Waals surface area contributed by atoms with Gasteiger partial charge in [0.25, 0.3) is 0 Å². The van der Waals surface area contributed by atoms with E-state index in [1.807, 2.05) is 12.5 Å². The lowest BCUT2D eigenvalue weighted by atomic mass is 10.3. The summed E-state index contributed by atoms with van der Waals surface area (Å²) in [6.07, 6.45) is 5.10. The Hall–Kier alpha value is -0.870. The van der Waals surface area contributed by atoms with Crippen molar-refractivity contribution in [3.63, 3.8) is 0 Å². The van der Waals surface area contributed by atoms with Crippen molar-refractivity contribution in [2.24, 2.45) is 0 Å². The summed E-state index contributed by atoms with van der Waals surface area (Å²) in [6.45, 7) is 14.2. The molecule has 4 nitrogen and oxygen atoms in total. The molecular weight excluding hydrogens is 224 g/mol. The van der Waals surface area contributed by atoms with Crippen molar-refractivity contribution in [1.29, 1.82) is 0 Å². The Labute approximate surface area is 111 Å². The molecule has 1 N–H and O–H groups in total. The Balaban J connectivity index is 2.27. The molecule has 4 heteroatoms. The molecule has 0 radical (unpaired) electrons. The zero-order valence-electron chi connectivity index (χ0n) is 12.3. The predicted octanol–water partition coefficient (Wildman–Crippen LogP) is 2.29. The van der Waals surface area contributed by atoms with E-state index in [0.717, 1.165) is 26.2 Å². The number of nitrogens with zero attached hydrogens (tertiary/aromatic N) is 3. The van der Waals surface area contributed by atoms with Gasteiger partial charge in [0.2, 0.25) is 0 Å². The molecular formula is C14H28N4. The maximum atomic E-state index is 4.22. The van der Waals surface area contributed by atoms with Crippen LogP contribution in [-0.2, 0) is 6.54 Å². The van der Waals surface area contributed by atoms with Crippen molar-refractivity contribution in [2.45, 2.75) is 46.7 Å². The van der Waals surface area contributed by atoms with Crippen LogP contribution in [0, 0.1) is 0 Å². The van der Waals surface area contributed by atoms with Gasteiger partial charge < -0.3 is 14.8 Å². The first-order valence-electron chi connectivity index (χ1n) is 7.12. The zero-order chi connectivity index (χ0) is 13.4. The molecule has 104 valence electrons. The SMILES string of the molecule is CCCN(CC)CCNCc1cncn1C(C)C. The van der Waals surface area contributed by atoms with E-state index in [9.17, 15) is 0 Å². The Morgan fingerprint density at radius 3 is 2.72 bits per heavy atom. The third kappa shape index (κ3) is 4.78. The predicted molar refractivity (Wildman–Crippen MR) is 76.7 cm³/mol. The van der Waals surface area contributed by atoms with Gasteiger partial charge in [-0.05, 0) is 33.4 Å². The maximum absolute atomic E-state index is 4.22. The summed E-state index contributed by atoms with van der Waals surface area (Å²) in [5.74, 6) is 0. The number of nitrogens with one attached hydrogen (secondary N) is 1. The standard InChI is InChI=1S/C14H28N4/c1-5-8-17(6-2)9-7-15-10-14-11-16-12-18(14)13(3)4/h11-13,15H,5-10H2,1-4H3. The summed E-state index contributed by atoms with van der Waals surface area (Å²) in [5, 5.41) is 3.50. The topological polar surface area (TPSA) is 33.1 Å². The van der Waals surface area contributed by atoms with Crippen LogP contribution < -0.4 is 5.32 Å². The van der Waals surface area contributed by atoms with E-state index in [0.29, 0.717) is 6.04 Å². The minimum absolute atomic E-state index is 0.483. The van der Waals surface area contributed by atoms with Gasteiger partial charge in [0.05, 0.1) is 12.0 Å². The molecule has 0 amide bonds. The molecule has 0 atom stereocenters. The Bertz CT molecular complexity index is 319. The number of rotatable bonds is 9. The molecule has 0 unspecified atom stereocenters. The number of hydrogen-bond donors (Lipinski definition) is 1. The van der Waals surface area contributed by atoms with Gasteiger partial charge in [-0.1, -0.05) is 13.8 Å². The quantitative estimate of drug-likeness (QED) is 0.685. The largest absolute Gasteiger partial charge is 0.331 e. The van der Waals surface area contributed by atoms with Crippen LogP contribution in [0.25, 0.3) is 0 Å². The normalized spacial score (nSPS) is 11.7. The summed E-state index contributed by atoms with van der Waals surface area (Å²) in [7, 11) is 0. The average Bonchev–Trinajstić information content (AvgIpc) is 2.81. The zero-order valence-corrected chi connectivity index (χ0v) is 12.3. The highest BCUT2D eigenvalue weighted by Crippen LogP contribution is 2.08. The van der Waals surface area contributed by atoms with Gasteiger partial charge in [-0.15, -0.1) is 0 Å². The van der Waals surface area contributed by atoms with Crippen molar-refractivity contribution in [2.75, 3.05) is 26.2 Å². The molecule has 0 aliphatic heterocycles. The smallest absolute Gasteiger partial charge is 0.0951 e. The number of aromatic nitrogens is 2. The summed E-state index contributed by atoms with van der Waals surface area (Å²) < 4.78 is 2.22. The Morgan fingerprint density at radius 1 is 1.33 bits per heavy atom. The number of hydrogen-bond acceptors (Lipinski definition) is 3. The molecule has 0 bridgehead atoms. The van der Waals surface area contributed by atoms with Crippen LogP contribution in [0.15, 0.2) is 12.5 Å². The third-order valence-corrected chi connectivity index (χ3v) is 3.20. The molecule has 0 aromatic carbocycles. The lowest BCUT2D eigenvalue weighted by Crippen LogP contribution is -2.32. The van der Waals surface area contributed by atoms with E-state index in [2.05, 4.69) is 47.5 Å². The third-order valence-electron chi connectivity index (χ3n) is 3.20. The average molecular weight is 252 g/mol. The first-order valence-corrected chi connectivity index (χ1v) is 7.12. The fraction of sp³-hybridized carbons (Fsp3) is 0.786. The van der Waals surface area contributed by atoms with Gasteiger partial charge in [-0.3, -0.25) is 0 Å². The Morgan fingerprint density at radius 2 is 2.11 bits per heavy atom. The van der Waals surface area contributed by atoms with Crippen LogP contribution in [0.1, 0.15) is 45.9 Å². The van der Waals surface area contributed by atoms with Crippen LogP contribution in [0.3, 0.4) is 0 Å². The molecule has 1 aromatic rings. The van der Waals surface area contributed by atoms with Gasteiger partial charge >= 0.3 is 0 Å². The molecule has 0 saturated carbocycles. The summed E-state index contributed by atoms with van der Waals surface area (Å²) in [6, 6.07) is 0.483.